The van der Waals surface area contributed by atoms with Gasteiger partial charge in [0.15, 0.2) is 11.0 Å². The fourth-order valence-corrected chi connectivity index (χ4v) is 4.54. The van der Waals surface area contributed by atoms with Gasteiger partial charge in [-0.05, 0) is 54.4 Å². The van der Waals surface area contributed by atoms with E-state index in [-0.39, 0.29) is 17.4 Å². The molecule has 1 amide bonds. The number of aromatic hydroxyl groups is 1. The third-order valence-electron chi connectivity index (χ3n) is 5.25. The van der Waals surface area contributed by atoms with E-state index in [0.29, 0.717) is 24.1 Å². The second-order valence-corrected chi connectivity index (χ2v) is 8.17. The Bertz CT molecular complexity index is 1200. The fraction of sp³-hybridized carbons (Fsp3) is 0.174. The number of fused-ring (bicyclic) bond motifs is 1. The van der Waals surface area contributed by atoms with E-state index in [1.165, 1.54) is 17.3 Å². The number of furan rings is 1. The van der Waals surface area contributed by atoms with Gasteiger partial charge in [0.1, 0.15) is 11.5 Å². The number of aromatic nitrogens is 3. The molecule has 7 nitrogen and oxygen atoms in total. The van der Waals surface area contributed by atoms with Gasteiger partial charge in [-0.2, -0.15) is 0 Å². The van der Waals surface area contributed by atoms with Crippen LogP contribution in [0.3, 0.4) is 0 Å². The lowest BCUT2D eigenvalue weighted by Crippen LogP contribution is -2.30. The van der Waals surface area contributed by atoms with Crippen LogP contribution in [0.1, 0.15) is 11.3 Å². The van der Waals surface area contributed by atoms with Crippen molar-refractivity contribution in [2.45, 2.75) is 18.1 Å². The number of amides is 1. The molecule has 0 saturated carbocycles. The van der Waals surface area contributed by atoms with Gasteiger partial charge < -0.3 is 14.4 Å². The van der Waals surface area contributed by atoms with Gasteiger partial charge in [-0.25, -0.2) is 0 Å². The molecule has 156 valence electrons. The molecule has 2 aromatic carbocycles. The van der Waals surface area contributed by atoms with Crippen LogP contribution in [0.15, 0.2) is 76.5 Å². The summed E-state index contributed by atoms with van der Waals surface area (Å²) in [6, 6.07) is 18.6. The van der Waals surface area contributed by atoms with Crippen molar-refractivity contribution in [3.05, 3.63) is 78.3 Å². The number of nitrogens with zero attached hydrogens (tertiary/aromatic N) is 4. The molecule has 5 rings (SSSR count). The standard InChI is InChI=1S/C23H20N4O3S/c28-18-9-7-17(8-10-18)22-24-25-23(27(22)14-19-5-3-13-30-19)31-15-21(29)26-12-11-16-4-1-2-6-20(16)26/h1-10,13,28H,11-12,14-15H2. The molecule has 31 heavy (non-hydrogen) atoms. The molecule has 2 aromatic heterocycles. The molecule has 0 fully saturated rings. The summed E-state index contributed by atoms with van der Waals surface area (Å²) >= 11 is 1.36. The zero-order valence-electron chi connectivity index (χ0n) is 16.6. The van der Waals surface area contributed by atoms with Crippen LogP contribution < -0.4 is 4.90 Å². The van der Waals surface area contributed by atoms with Crippen molar-refractivity contribution in [3.63, 3.8) is 0 Å². The summed E-state index contributed by atoms with van der Waals surface area (Å²) < 4.78 is 7.45. The van der Waals surface area contributed by atoms with Gasteiger partial charge in [-0.15, -0.1) is 10.2 Å². The number of benzene rings is 2. The highest BCUT2D eigenvalue weighted by Gasteiger charge is 2.25. The third kappa shape index (κ3) is 3.94. The lowest BCUT2D eigenvalue weighted by molar-refractivity contribution is -0.116. The Morgan fingerprint density at radius 2 is 1.90 bits per heavy atom. The molecule has 0 radical (unpaired) electrons. The SMILES string of the molecule is O=C(CSc1nnc(-c2ccc(O)cc2)n1Cc1ccco1)N1CCc2ccccc21. The second kappa shape index (κ2) is 8.31. The van der Waals surface area contributed by atoms with Crippen LogP contribution in [-0.4, -0.2) is 38.1 Å². The van der Waals surface area contributed by atoms with Crippen molar-refractivity contribution >= 4 is 23.4 Å². The highest BCUT2D eigenvalue weighted by molar-refractivity contribution is 7.99. The quantitative estimate of drug-likeness (QED) is 0.464. The summed E-state index contributed by atoms with van der Waals surface area (Å²) in [6.45, 7) is 1.15. The number of phenolic OH excluding ortho intramolecular Hbond substituents is 1. The number of anilines is 1. The summed E-state index contributed by atoms with van der Waals surface area (Å²) in [7, 11) is 0. The number of carbonyl (C=O) groups is 1. The van der Waals surface area contributed by atoms with Crippen molar-refractivity contribution in [3.8, 4) is 17.1 Å². The smallest absolute Gasteiger partial charge is 0.237 e. The average molecular weight is 433 g/mol. The maximum Gasteiger partial charge on any atom is 0.237 e. The number of rotatable bonds is 6. The van der Waals surface area contributed by atoms with Gasteiger partial charge in [0.25, 0.3) is 0 Å². The third-order valence-corrected chi connectivity index (χ3v) is 6.20. The molecule has 1 aliphatic heterocycles. The summed E-state index contributed by atoms with van der Waals surface area (Å²) in [5.41, 5.74) is 3.02. The molecule has 0 saturated heterocycles. The molecule has 1 aliphatic rings. The largest absolute Gasteiger partial charge is 0.508 e. The minimum absolute atomic E-state index is 0.0497. The summed E-state index contributed by atoms with van der Waals surface area (Å²) in [5.74, 6) is 1.92. The molecule has 0 unspecified atom stereocenters. The number of para-hydroxylation sites is 1. The van der Waals surface area contributed by atoms with Crippen LogP contribution in [-0.2, 0) is 17.8 Å². The minimum Gasteiger partial charge on any atom is -0.508 e. The number of phenols is 1. The van der Waals surface area contributed by atoms with E-state index in [1.54, 1.807) is 30.5 Å². The lowest BCUT2D eigenvalue weighted by atomic mass is 10.2. The zero-order chi connectivity index (χ0) is 21.2. The number of carbonyl (C=O) groups excluding carboxylic acids is 1. The van der Waals surface area contributed by atoms with E-state index in [9.17, 15) is 9.90 Å². The Morgan fingerprint density at radius 3 is 2.71 bits per heavy atom. The Hall–Kier alpha value is -3.52. The minimum atomic E-state index is 0.0497. The number of thioether (sulfide) groups is 1. The first-order valence-corrected chi connectivity index (χ1v) is 10.9. The molecular formula is C23H20N4O3S. The van der Waals surface area contributed by atoms with Crippen molar-refractivity contribution in [2.75, 3.05) is 17.2 Å². The van der Waals surface area contributed by atoms with Gasteiger partial charge in [-0.3, -0.25) is 9.36 Å². The van der Waals surface area contributed by atoms with Crippen LogP contribution in [0.5, 0.6) is 5.75 Å². The molecule has 8 heteroatoms. The summed E-state index contributed by atoms with van der Waals surface area (Å²) in [4.78, 5) is 14.8. The predicted molar refractivity (Wildman–Crippen MR) is 118 cm³/mol. The van der Waals surface area contributed by atoms with Gasteiger partial charge in [-0.1, -0.05) is 30.0 Å². The average Bonchev–Trinajstić information content (AvgIpc) is 3.53. The van der Waals surface area contributed by atoms with Crippen LogP contribution in [0.4, 0.5) is 5.69 Å². The summed E-state index contributed by atoms with van der Waals surface area (Å²) in [5, 5.41) is 18.9. The monoisotopic (exact) mass is 432 g/mol. The van der Waals surface area contributed by atoms with Crippen molar-refractivity contribution in [1.82, 2.24) is 14.8 Å². The van der Waals surface area contributed by atoms with E-state index in [1.807, 2.05) is 39.8 Å². The highest BCUT2D eigenvalue weighted by atomic mass is 32.2. The number of hydrogen-bond donors (Lipinski definition) is 1. The van der Waals surface area contributed by atoms with Crippen LogP contribution in [0.2, 0.25) is 0 Å². The first-order chi connectivity index (χ1) is 15.2. The van der Waals surface area contributed by atoms with Gasteiger partial charge in [0.05, 0.1) is 18.6 Å². The molecule has 0 aliphatic carbocycles. The number of hydrogen-bond acceptors (Lipinski definition) is 6. The molecule has 0 atom stereocenters. The highest BCUT2D eigenvalue weighted by Crippen LogP contribution is 2.30. The van der Waals surface area contributed by atoms with Crippen LogP contribution >= 0.6 is 11.8 Å². The maximum absolute atomic E-state index is 12.9. The topological polar surface area (TPSA) is 84.4 Å². The molecule has 1 N–H and O–H groups in total. The molecule has 0 bridgehead atoms. The Kier molecular flexibility index (Phi) is 5.21. The van der Waals surface area contributed by atoms with Crippen molar-refractivity contribution in [1.29, 1.82) is 0 Å². The Labute approximate surface area is 183 Å². The fourth-order valence-electron chi connectivity index (χ4n) is 3.72. The van der Waals surface area contributed by atoms with E-state index in [2.05, 4.69) is 16.3 Å². The Balaban J connectivity index is 1.38. The normalized spacial score (nSPS) is 12.8. The predicted octanol–water partition coefficient (Wildman–Crippen LogP) is 3.97. The molecular weight excluding hydrogens is 412 g/mol. The Morgan fingerprint density at radius 1 is 1.06 bits per heavy atom. The molecule has 4 aromatic rings. The van der Waals surface area contributed by atoms with Crippen LogP contribution in [0, 0.1) is 0 Å². The van der Waals surface area contributed by atoms with Gasteiger partial charge >= 0.3 is 0 Å². The second-order valence-electron chi connectivity index (χ2n) is 7.23. The molecule has 0 spiro atoms. The van der Waals surface area contributed by atoms with E-state index >= 15 is 0 Å². The maximum atomic E-state index is 12.9. The van der Waals surface area contributed by atoms with Gasteiger partial charge in [0.2, 0.25) is 5.91 Å². The first-order valence-electron chi connectivity index (χ1n) is 9.95. The summed E-state index contributed by atoms with van der Waals surface area (Å²) in [6.07, 6.45) is 2.51. The lowest BCUT2D eigenvalue weighted by Gasteiger charge is -2.17. The van der Waals surface area contributed by atoms with Crippen LogP contribution in [0.25, 0.3) is 11.4 Å². The first kappa shape index (κ1) is 19.4. The van der Waals surface area contributed by atoms with E-state index in [4.69, 9.17) is 4.42 Å². The van der Waals surface area contributed by atoms with Crippen molar-refractivity contribution in [2.24, 2.45) is 0 Å². The molecule has 3 heterocycles. The zero-order valence-corrected chi connectivity index (χ0v) is 17.5. The van der Waals surface area contributed by atoms with Crippen molar-refractivity contribution < 1.29 is 14.3 Å². The van der Waals surface area contributed by atoms with E-state index < -0.39 is 0 Å². The van der Waals surface area contributed by atoms with E-state index in [0.717, 1.165) is 23.4 Å². The van der Waals surface area contributed by atoms with Gasteiger partial charge in [0, 0.05) is 17.8 Å².